The number of halogens is 2. The Hall–Kier alpha value is -0.0336. The van der Waals surface area contributed by atoms with Crippen LogP contribution in [-0.2, 0) is 26.7 Å². The number of thioether (sulfide) groups is 1. The van der Waals surface area contributed by atoms with Crippen LogP contribution in [0.15, 0.2) is 70.1 Å². The van der Waals surface area contributed by atoms with Crippen LogP contribution >= 0.6 is 46.3 Å². The zero-order chi connectivity index (χ0) is 28.9. The van der Waals surface area contributed by atoms with Crippen molar-refractivity contribution in [3.63, 3.8) is 0 Å². The molecule has 0 saturated carbocycles. The van der Waals surface area contributed by atoms with Crippen molar-refractivity contribution in [1.29, 1.82) is 0 Å². The van der Waals surface area contributed by atoms with Gasteiger partial charge in [0.05, 0.1) is 23.6 Å². The topological polar surface area (TPSA) is 112 Å². The zero-order valence-electron chi connectivity index (χ0n) is 22.2. The van der Waals surface area contributed by atoms with E-state index >= 15 is 0 Å². The van der Waals surface area contributed by atoms with Crippen LogP contribution in [0.25, 0.3) is 16.2 Å². The Kier molecular flexibility index (Phi) is 10.8. The maximum Gasteiger partial charge on any atom is 1.00 e. The summed E-state index contributed by atoms with van der Waals surface area (Å²) in [5, 5.41) is 1.68. The largest absolute Gasteiger partial charge is 1.00 e. The monoisotopic (exact) mass is 696 g/mol. The number of benzene rings is 2. The van der Waals surface area contributed by atoms with E-state index in [1.165, 1.54) is 11.8 Å². The van der Waals surface area contributed by atoms with Crippen molar-refractivity contribution in [1.82, 2.24) is 4.48 Å². The van der Waals surface area contributed by atoms with Gasteiger partial charge in [-0.3, -0.25) is 4.55 Å². The predicted molar refractivity (Wildman–Crippen MR) is 165 cm³/mol. The molecule has 2 unspecified atom stereocenters. The zero-order valence-corrected chi connectivity index (χ0v) is 30.1. The summed E-state index contributed by atoms with van der Waals surface area (Å²) < 4.78 is 69.1. The molecule has 1 saturated heterocycles. The summed E-state index contributed by atoms with van der Waals surface area (Å²) in [4.78, 5) is 1.83. The number of fused-ring (bicyclic) bond motifs is 3. The number of nitrogens with zero attached hydrogens (tertiary/aromatic N) is 1. The van der Waals surface area contributed by atoms with Gasteiger partial charge in [-0.1, -0.05) is 40.9 Å². The molecule has 0 radical (unpaired) electrons. The van der Waals surface area contributed by atoms with Gasteiger partial charge in [-0.2, -0.15) is 8.42 Å². The second-order valence-corrected chi connectivity index (χ2v) is 15.9. The molecule has 2 aromatic carbocycles. The third-order valence-corrected chi connectivity index (χ3v) is 12.1. The van der Waals surface area contributed by atoms with E-state index in [1.807, 2.05) is 55.5 Å². The third-order valence-electron chi connectivity index (χ3n) is 7.11. The summed E-state index contributed by atoms with van der Waals surface area (Å²) >= 11 is 15.5. The Morgan fingerprint density at radius 1 is 1.15 bits per heavy atom. The van der Waals surface area contributed by atoms with Crippen molar-refractivity contribution in [2.24, 2.45) is 0 Å². The molecule has 14 heteroatoms. The van der Waals surface area contributed by atoms with Crippen LogP contribution in [-0.4, -0.2) is 43.6 Å². The molecule has 2 aliphatic rings. The molecule has 41 heavy (non-hydrogen) atoms. The van der Waals surface area contributed by atoms with E-state index in [2.05, 4.69) is 0 Å². The molecule has 3 aromatic rings. The first-order valence-electron chi connectivity index (χ1n) is 12.3. The fourth-order valence-electron chi connectivity index (χ4n) is 5.18. The van der Waals surface area contributed by atoms with Crippen molar-refractivity contribution in [2.45, 2.75) is 36.5 Å². The maximum atomic E-state index is 12.1. The quantitative estimate of drug-likeness (QED) is 0.163. The summed E-state index contributed by atoms with van der Waals surface area (Å²) in [5.74, 6) is -0.327. The normalized spacial score (nSPS) is 21.9. The molecule has 7 nitrogen and oxygen atoms in total. The van der Waals surface area contributed by atoms with Gasteiger partial charge in [0.25, 0.3) is 10.1 Å². The molecule has 212 valence electrons. The summed E-state index contributed by atoms with van der Waals surface area (Å²) in [6, 6.07) is 10.9. The molecule has 2 atom stereocenters. The van der Waals surface area contributed by atoms with Gasteiger partial charge in [0.2, 0.25) is 0 Å². The molecule has 1 spiro atoms. The standard InChI is InChI=1S/C27H25Cl2NO6S4.K/c1-17(4-8-23-20(3-2-14-39(31,32)33)21-15-18(28)6-9-24(21)37-23)5-11-26-30(13-12-27(30)40(34,35)36)22-16-19(29)7-10-25(22)38-26;/h4-11,15-16,27H,2-3,12-14H2,1H3,(H-,31,32,33,34,35,36);/q;+1. The first kappa shape index (κ1) is 33.9. The van der Waals surface area contributed by atoms with Crippen LogP contribution in [0.5, 0.6) is 0 Å². The summed E-state index contributed by atoms with van der Waals surface area (Å²) in [6.07, 6.45) is 8.66. The van der Waals surface area contributed by atoms with Gasteiger partial charge < -0.3 is 4.55 Å². The second kappa shape index (κ2) is 13.1. The van der Waals surface area contributed by atoms with Crippen LogP contribution in [0, 0.1) is 0 Å². The number of rotatable bonds is 8. The maximum absolute atomic E-state index is 12.1. The van der Waals surface area contributed by atoms with Crippen LogP contribution in [0.1, 0.15) is 30.2 Å². The summed E-state index contributed by atoms with van der Waals surface area (Å²) in [6.45, 7) is 2.42. The van der Waals surface area contributed by atoms with Crippen LogP contribution < -0.4 is 55.9 Å². The van der Waals surface area contributed by atoms with E-state index in [0.717, 1.165) is 41.7 Å². The Morgan fingerprint density at radius 2 is 1.85 bits per heavy atom. The van der Waals surface area contributed by atoms with Crippen molar-refractivity contribution >= 4 is 88.4 Å². The van der Waals surface area contributed by atoms with E-state index in [9.17, 15) is 21.4 Å². The number of allylic oxidation sites excluding steroid dienone is 4. The molecule has 3 heterocycles. The molecule has 1 fully saturated rings. The molecular weight excluding hydrogens is 673 g/mol. The molecule has 0 bridgehead atoms. The van der Waals surface area contributed by atoms with Gasteiger partial charge in [-0.15, -0.1) is 11.3 Å². The molecule has 1 aromatic heterocycles. The van der Waals surface area contributed by atoms with Gasteiger partial charge in [0.1, 0.15) is 0 Å². The van der Waals surface area contributed by atoms with E-state index < -0.39 is 25.6 Å². The van der Waals surface area contributed by atoms with E-state index in [0.29, 0.717) is 23.0 Å². The molecule has 5 rings (SSSR count). The van der Waals surface area contributed by atoms with Crippen LogP contribution in [0.4, 0.5) is 5.69 Å². The Morgan fingerprint density at radius 3 is 2.51 bits per heavy atom. The number of thiophene rings is 1. The SMILES string of the molecule is CC(C=Cc1sc2ccc(Cl)cc2c1CCCS(=O)(=O)O)=CC=C1Sc2ccc(Cl)cc2[N+]12CCC2S(=O)(=O)[O-].[K+]. The Balaban J connectivity index is 0.00000387. The first-order chi connectivity index (χ1) is 18.8. The first-order valence-corrected chi connectivity index (χ1v) is 17.8. The van der Waals surface area contributed by atoms with E-state index in [1.54, 1.807) is 23.5 Å². The van der Waals surface area contributed by atoms with Crippen molar-refractivity contribution < 1.29 is 77.3 Å². The minimum absolute atomic E-state index is 0. The van der Waals surface area contributed by atoms with Gasteiger partial charge in [0, 0.05) is 31.8 Å². The minimum Gasteiger partial charge on any atom is -0.743 e. The van der Waals surface area contributed by atoms with Crippen molar-refractivity contribution in [3.8, 4) is 0 Å². The number of hydrogen-bond donors (Lipinski definition) is 1. The summed E-state index contributed by atoms with van der Waals surface area (Å²) in [7, 11) is -8.60. The molecular formula is C27H25Cl2KNO6S4+. The van der Waals surface area contributed by atoms with Crippen LogP contribution in [0.3, 0.4) is 0 Å². The summed E-state index contributed by atoms with van der Waals surface area (Å²) in [5.41, 5.74) is 2.59. The van der Waals surface area contributed by atoms with Crippen LogP contribution in [0.2, 0.25) is 10.0 Å². The van der Waals surface area contributed by atoms with E-state index in [-0.39, 0.29) is 74.5 Å². The van der Waals surface area contributed by atoms with Crippen molar-refractivity contribution in [3.05, 3.63) is 85.7 Å². The second-order valence-electron chi connectivity index (χ2n) is 9.77. The fraction of sp³-hybridized carbons (Fsp3) is 0.259. The van der Waals surface area contributed by atoms with E-state index in [4.69, 9.17) is 27.8 Å². The average molecular weight is 698 g/mol. The Bertz CT molecular complexity index is 1820. The molecule has 1 N–H and O–H groups in total. The molecule has 2 aliphatic heterocycles. The molecule has 0 amide bonds. The third kappa shape index (κ3) is 7.28. The van der Waals surface area contributed by atoms with Gasteiger partial charge in [-0.05, 0) is 78.9 Å². The minimum atomic E-state index is -4.54. The molecule has 0 aliphatic carbocycles. The number of aryl methyl sites for hydroxylation is 1. The van der Waals surface area contributed by atoms with Gasteiger partial charge in [0.15, 0.2) is 26.2 Å². The average Bonchev–Trinajstić information content (AvgIpc) is 3.34. The smallest absolute Gasteiger partial charge is 0.743 e. The Labute approximate surface area is 300 Å². The van der Waals surface area contributed by atoms with Gasteiger partial charge >= 0.3 is 51.4 Å². The van der Waals surface area contributed by atoms with Gasteiger partial charge in [-0.25, -0.2) is 12.9 Å². The number of hydrogen-bond acceptors (Lipinski definition) is 7. The fourth-order valence-corrected chi connectivity index (χ4v) is 9.70. The predicted octanol–water partition coefficient (Wildman–Crippen LogP) is 4.22. The number of quaternary nitrogens is 1. The van der Waals surface area contributed by atoms with Crippen molar-refractivity contribution in [2.75, 3.05) is 12.3 Å².